The Morgan fingerprint density at radius 1 is 1.20 bits per heavy atom. The molecule has 1 fully saturated rings. The number of ether oxygens (including phenoxy) is 2. The maximum Gasteiger partial charge on any atom is 0.263 e. The van der Waals surface area contributed by atoms with Gasteiger partial charge in [0.05, 0.1) is 23.6 Å². The van der Waals surface area contributed by atoms with Crippen molar-refractivity contribution in [1.82, 2.24) is 4.90 Å². The van der Waals surface area contributed by atoms with E-state index in [1.54, 1.807) is 43.2 Å². The van der Waals surface area contributed by atoms with Crippen molar-refractivity contribution in [3.8, 4) is 11.5 Å². The summed E-state index contributed by atoms with van der Waals surface area (Å²) < 4.78 is 35.0. The van der Waals surface area contributed by atoms with Gasteiger partial charge < -0.3 is 14.4 Å². The van der Waals surface area contributed by atoms with Gasteiger partial charge in [0.15, 0.2) is 15.9 Å². The number of carbonyl (C=O) groups is 1. The highest BCUT2D eigenvalue weighted by Gasteiger charge is 2.36. The van der Waals surface area contributed by atoms with E-state index in [0.29, 0.717) is 28.0 Å². The van der Waals surface area contributed by atoms with Crippen LogP contribution in [0.2, 0.25) is 10.0 Å². The Hall–Kier alpha value is -1.96. The zero-order valence-corrected chi connectivity index (χ0v) is 19.0. The lowest BCUT2D eigenvalue weighted by Gasteiger charge is -2.31. The second-order valence-corrected chi connectivity index (χ2v) is 10.3. The molecule has 0 bridgehead atoms. The Labute approximate surface area is 186 Å². The Kier molecular flexibility index (Phi) is 7.16. The molecule has 1 aliphatic heterocycles. The van der Waals surface area contributed by atoms with Crippen LogP contribution in [0.4, 0.5) is 0 Å². The minimum atomic E-state index is -3.16. The van der Waals surface area contributed by atoms with Crippen LogP contribution in [0.25, 0.3) is 0 Å². The maximum absolute atomic E-state index is 13.3. The van der Waals surface area contributed by atoms with Crippen molar-refractivity contribution in [2.45, 2.75) is 32.0 Å². The molecule has 2 aromatic rings. The molecule has 0 unspecified atom stereocenters. The molecule has 0 aromatic heterocycles. The van der Waals surface area contributed by atoms with Crippen LogP contribution in [0.5, 0.6) is 11.5 Å². The molecular formula is C21H23Cl2NO5S. The molecule has 30 heavy (non-hydrogen) atoms. The first kappa shape index (κ1) is 22.7. The van der Waals surface area contributed by atoms with Gasteiger partial charge in [0.2, 0.25) is 0 Å². The molecule has 1 aliphatic rings. The molecule has 0 aliphatic carbocycles. The Balaban J connectivity index is 1.81. The Bertz CT molecular complexity index is 1010. The molecule has 0 spiro atoms. The number of hydrogen-bond acceptors (Lipinski definition) is 5. The highest BCUT2D eigenvalue weighted by atomic mass is 35.5. The summed E-state index contributed by atoms with van der Waals surface area (Å²) in [4.78, 5) is 14.8. The predicted molar refractivity (Wildman–Crippen MR) is 117 cm³/mol. The lowest BCUT2D eigenvalue weighted by atomic mass is 10.1. The monoisotopic (exact) mass is 471 g/mol. The summed E-state index contributed by atoms with van der Waals surface area (Å²) >= 11 is 12.1. The third-order valence-corrected chi connectivity index (χ3v) is 7.27. The Morgan fingerprint density at radius 2 is 1.90 bits per heavy atom. The van der Waals surface area contributed by atoms with Crippen molar-refractivity contribution in [3.63, 3.8) is 0 Å². The van der Waals surface area contributed by atoms with E-state index < -0.39 is 22.0 Å². The number of benzene rings is 2. The molecule has 0 N–H and O–H groups in total. The van der Waals surface area contributed by atoms with Crippen LogP contribution in [0.15, 0.2) is 42.5 Å². The van der Waals surface area contributed by atoms with E-state index in [-0.39, 0.29) is 24.0 Å². The molecule has 6 nitrogen and oxygen atoms in total. The van der Waals surface area contributed by atoms with Gasteiger partial charge in [-0.3, -0.25) is 4.79 Å². The highest BCUT2D eigenvalue weighted by Crippen LogP contribution is 2.29. The normalized spacial score (nSPS) is 18.6. The largest absolute Gasteiger partial charge is 0.497 e. The lowest BCUT2D eigenvalue weighted by Crippen LogP contribution is -2.46. The third kappa shape index (κ3) is 5.59. The van der Waals surface area contributed by atoms with Gasteiger partial charge in [0.1, 0.15) is 11.5 Å². The van der Waals surface area contributed by atoms with Gasteiger partial charge in [-0.1, -0.05) is 35.3 Å². The lowest BCUT2D eigenvalue weighted by molar-refractivity contribution is -0.140. The van der Waals surface area contributed by atoms with Crippen LogP contribution in [0.1, 0.15) is 18.9 Å². The number of sulfone groups is 1. The fourth-order valence-electron chi connectivity index (χ4n) is 3.38. The summed E-state index contributed by atoms with van der Waals surface area (Å²) in [6.07, 6.45) is -0.455. The third-order valence-electron chi connectivity index (χ3n) is 4.99. The van der Waals surface area contributed by atoms with Crippen LogP contribution >= 0.6 is 23.2 Å². The summed E-state index contributed by atoms with van der Waals surface area (Å²) in [6, 6.07) is 11.7. The number of halogens is 2. The van der Waals surface area contributed by atoms with E-state index >= 15 is 0 Å². The van der Waals surface area contributed by atoms with Gasteiger partial charge in [-0.25, -0.2) is 8.42 Å². The van der Waals surface area contributed by atoms with Crippen LogP contribution in [0.3, 0.4) is 0 Å². The number of methoxy groups -OCH3 is 1. The van der Waals surface area contributed by atoms with Gasteiger partial charge >= 0.3 is 0 Å². The molecular weight excluding hydrogens is 449 g/mol. The highest BCUT2D eigenvalue weighted by molar-refractivity contribution is 7.91. The summed E-state index contributed by atoms with van der Waals surface area (Å²) in [7, 11) is -1.58. The summed E-state index contributed by atoms with van der Waals surface area (Å²) in [5.41, 5.74) is 0.866. The number of nitrogens with zero attached hydrogens (tertiary/aromatic N) is 1. The fraction of sp³-hybridized carbons (Fsp3) is 0.381. The first-order chi connectivity index (χ1) is 14.2. The van der Waals surface area contributed by atoms with E-state index in [4.69, 9.17) is 32.7 Å². The summed E-state index contributed by atoms with van der Waals surface area (Å²) in [6.45, 7) is 1.89. The molecule has 0 radical (unpaired) electrons. The molecule has 0 saturated carbocycles. The second-order valence-electron chi connectivity index (χ2n) is 7.21. The minimum absolute atomic E-state index is 0.0523. The number of rotatable bonds is 7. The smallest absolute Gasteiger partial charge is 0.263 e. The molecule has 9 heteroatoms. The number of hydrogen-bond donors (Lipinski definition) is 0. The summed E-state index contributed by atoms with van der Waals surface area (Å²) in [5, 5.41) is 0.760. The van der Waals surface area contributed by atoms with Crippen LogP contribution < -0.4 is 9.47 Å². The average molecular weight is 472 g/mol. The summed E-state index contributed by atoms with van der Waals surface area (Å²) in [5.74, 6) is 0.754. The Morgan fingerprint density at radius 3 is 2.47 bits per heavy atom. The zero-order chi connectivity index (χ0) is 21.9. The second kappa shape index (κ2) is 9.45. The molecule has 1 saturated heterocycles. The first-order valence-corrected chi connectivity index (χ1v) is 12.0. The van der Waals surface area contributed by atoms with Crippen molar-refractivity contribution < 1.29 is 22.7 Å². The van der Waals surface area contributed by atoms with E-state index in [2.05, 4.69) is 0 Å². The van der Waals surface area contributed by atoms with Crippen molar-refractivity contribution in [1.29, 1.82) is 0 Å². The van der Waals surface area contributed by atoms with Crippen molar-refractivity contribution in [3.05, 3.63) is 58.1 Å². The number of amides is 1. The van der Waals surface area contributed by atoms with Gasteiger partial charge in [-0.15, -0.1) is 0 Å². The zero-order valence-electron chi connectivity index (χ0n) is 16.7. The predicted octanol–water partition coefficient (Wildman–Crippen LogP) is 3.99. The van der Waals surface area contributed by atoms with Crippen LogP contribution in [-0.2, 0) is 21.2 Å². The molecule has 162 valence electrons. The quantitative estimate of drug-likeness (QED) is 0.610. The maximum atomic E-state index is 13.3. The standard InChI is InChI=1S/C21H23Cl2NO5S/c1-14(29-20-8-5-16(22)11-19(20)23)21(25)24(17-9-10-30(26,27)13-17)12-15-3-6-18(28-2)7-4-15/h3-8,11,14,17H,9-10,12-13H2,1-2H3/t14-,17-/m0/s1. The van der Waals surface area contributed by atoms with Crippen LogP contribution in [-0.4, -0.2) is 50.0 Å². The van der Waals surface area contributed by atoms with Gasteiger partial charge in [0, 0.05) is 17.6 Å². The molecule has 3 rings (SSSR count). The van der Waals surface area contributed by atoms with E-state index in [1.165, 1.54) is 6.07 Å². The van der Waals surface area contributed by atoms with E-state index in [1.807, 2.05) is 12.1 Å². The molecule has 2 atom stereocenters. The van der Waals surface area contributed by atoms with E-state index in [9.17, 15) is 13.2 Å². The SMILES string of the molecule is COc1ccc(CN(C(=O)[C@H](C)Oc2ccc(Cl)cc2Cl)[C@H]2CCS(=O)(=O)C2)cc1. The average Bonchev–Trinajstić information content (AvgIpc) is 3.07. The van der Waals surface area contributed by atoms with Crippen molar-refractivity contribution in [2.24, 2.45) is 0 Å². The molecule has 1 amide bonds. The first-order valence-electron chi connectivity index (χ1n) is 9.44. The molecule has 1 heterocycles. The van der Waals surface area contributed by atoms with Gasteiger partial charge in [-0.05, 0) is 49.2 Å². The minimum Gasteiger partial charge on any atom is -0.497 e. The van der Waals surface area contributed by atoms with Crippen molar-refractivity contribution in [2.75, 3.05) is 18.6 Å². The van der Waals surface area contributed by atoms with Crippen molar-refractivity contribution >= 4 is 38.9 Å². The van der Waals surface area contributed by atoms with Gasteiger partial charge in [-0.2, -0.15) is 0 Å². The fourth-order valence-corrected chi connectivity index (χ4v) is 5.56. The van der Waals surface area contributed by atoms with Gasteiger partial charge in [0.25, 0.3) is 5.91 Å². The van der Waals surface area contributed by atoms with Crippen LogP contribution in [0, 0.1) is 0 Å². The van der Waals surface area contributed by atoms with E-state index in [0.717, 1.165) is 5.56 Å². The molecule has 2 aromatic carbocycles. The topological polar surface area (TPSA) is 72.9 Å². The number of carbonyl (C=O) groups excluding carboxylic acids is 1.